The van der Waals surface area contributed by atoms with Crippen LogP contribution in [0.5, 0.6) is 0 Å². The molecule has 132 valence electrons. The summed E-state index contributed by atoms with van der Waals surface area (Å²) in [6, 6.07) is 9.18. The van der Waals surface area contributed by atoms with Gasteiger partial charge in [0, 0.05) is 18.6 Å². The van der Waals surface area contributed by atoms with Gasteiger partial charge in [-0.3, -0.25) is 4.90 Å². The van der Waals surface area contributed by atoms with Crippen molar-refractivity contribution in [2.75, 3.05) is 13.6 Å². The molecule has 1 aliphatic rings. The number of carboxylic acid groups (broad SMARTS) is 1. The Morgan fingerprint density at radius 3 is 2.46 bits per heavy atom. The summed E-state index contributed by atoms with van der Waals surface area (Å²) in [7, 11) is 1.88. The van der Waals surface area contributed by atoms with Crippen LogP contribution in [0.15, 0.2) is 30.3 Å². The Balaban J connectivity index is 2.20. The molecule has 0 aliphatic carbocycles. The first-order valence-electron chi connectivity index (χ1n) is 8.21. The quantitative estimate of drug-likeness (QED) is 0.896. The molecule has 24 heavy (non-hydrogen) atoms. The molecule has 0 bridgehead atoms. The zero-order valence-corrected chi connectivity index (χ0v) is 14.7. The lowest BCUT2D eigenvalue weighted by atomic mass is 9.93. The normalized spacial score (nSPS) is 24.1. The number of carbonyl (C=O) groups excluding carboxylic acids is 1. The van der Waals surface area contributed by atoms with Gasteiger partial charge >= 0.3 is 12.1 Å². The van der Waals surface area contributed by atoms with E-state index in [1.807, 2.05) is 63.1 Å². The smallest absolute Gasteiger partial charge is 0.411 e. The number of rotatable bonds is 5. The van der Waals surface area contributed by atoms with Crippen molar-refractivity contribution in [3.63, 3.8) is 0 Å². The van der Waals surface area contributed by atoms with Crippen LogP contribution in [0.2, 0.25) is 0 Å². The monoisotopic (exact) mass is 334 g/mol. The number of hydrogen-bond donors (Lipinski definition) is 1. The molecule has 1 saturated heterocycles. The highest BCUT2D eigenvalue weighted by atomic mass is 16.6. The highest BCUT2D eigenvalue weighted by Crippen LogP contribution is 2.34. The molecule has 1 aromatic carbocycles. The standard InChI is InChI=1S/C18H26N2O4/c1-13(2)20(17(23)24-11-15-8-6-5-7-9-15)18(16(21)22)10-14(3)19(4)12-18/h5-9,13-14H,10-12H2,1-4H3,(H,21,22). The summed E-state index contributed by atoms with van der Waals surface area (Å²) in [6.45, 7) is 6.03. The summed E-state index contributed by atoms with van der Waals surface area (Å²) >= 11 is 0. The van der Waals surface area contributed by atoms with Gasteiger partial charge in [0.1, 0.15) is 6.61 Å². The van der Waals surface area contributed by atoms with Crippen LogP contribution in [0.1, 0.15) is 32.8 Å². The van der Waals surface area contributed by atoms with Crippen molar-refractivity contribution in [1.82, 2.24) is 9.80 Å². The fourth-order valence-corrected chi connectivity index (χ4v) is 3.38. The predicted octanol–water partition coefficient (Wildman–Crippen LogP) is 2.58. The average molecular weight is 334 g/mol. The Morgan fingerprint density at radius 1 is 1.38 bits per heavy atom. The lowest BCUT2D eigenvalue weighted by Crippen LogP contribution is -2.61. The molecule has 6 nitrogen and oxygen atoms in total. The zero-order valence-electron chi connectivity index (χ0n) is 14.7. The molecule has 1 heterocycles. The number of hydrogen-bond acceptors (Lipinski definition) is 4. The van der Waals surface area contributed by atoms with Crippen LogP contribution in [-0.4, -0.2) is 58.2 Å². The lowest BCUT2D eigenvalue weighted by molar-refractivity contribution is -0.151. The maximum Gasteiger partial charge on any atom is 0.411 e. The Kier molecular flexibility index (Phi) is 5.49. The minimum atomic E-state index is -1.25. The minimum Gasteiger partial charge on any atom is -0.479 e. The second kappa shape index (κ2) is 7.21. The summed E-state index contributed by atoms with van der Waals surface area (Å²) in [4.78, 5) is 28.1. The second-order valence-corrected chi connectivity index (χ2v) is 6.81. The number of amides is 1. The topological polar surface area (TPSA) is 70.1 Å². The van der Waals surface area contributed by atoms with Crippen LogP contribution in [0.25, 0.3) is 0 Å². The summed E-state index contributed by atoms with van der Waals surface area (Å²) in [5.41, 5.74) is -0.383. The van der Waals surface area contributed by atoms with Crippen molar-refractivity contribution in [2.45, 2.75) is 51.4 Å². The zero-order chi connectivity index (χ0) is 17.9. The average Bonchev–Trinajstić information content (AvgIpc) is 2.82. The van der Waals surface area contributed by atoms with Crippen molar-refractivity contribution in [3.05, 3.63) is 35.9 Å². The van der Waals surface area contributed by atoms with E-state index in [0.717, 1.165) is 5.56 Å². The van der Waals surface area contributed by atoms with Crippen LogP contribution in [0.3, 0.4) is 0 Å². The molecule has 1 aliphatic heterocycles. The molecule has 2 atom stereocenters. The van der Waals surface area contributed by atoms with Crippen molar-refractivity contribution < 1.29 is 19.4 Å². The van der Waals surface area contributed by atoms with Crippen LogP contribution in [0.4, 0.5) is 4.79 Å². The third kappa shape index (κ3) is 3.53. The fourth-order valence-electron chi connectivity index (χ4n) is 3.38. The van der Waals surface area contributed by atoms with Crippen molar-refractivity contribution >= 4 is 12.1 Å². The number of nitrogens with zero attached hydrogens (tertiary/aromatic N) is 2. The SMILES string of the molecule is CC1CC(C(=O)O)(N(C(=O)OCc2ccccc2)C(C)C)CN1C. The molecule has 6 heteroatoms. The molecule has 1 aromatic rings. The maximum absolute atomic E-state index is 12.7. The number of likely N-dealkylation sites (N-methyl/N-ethyl adjacent to an activating group) is 1. The number of carbonyl (C=O) groups is 2. The Bertz CT molecular complexity index is 578. The van der Waals surface area contributed by atoms with E-state index in [2.05, 4.69) is 0 Å². The van der Waals surface area contributed by atoms with Gasteiger partial charge in [-0.15, -0.1) is 0 Å². The number of ether oxygens (including phenoxy) is 1. The van der Waals surface area contributed by atoms with Gasteiger partial charge < -0.3 is 14.7 Å². The van der Waals surface area contributed by atoms with E-state index in [1.54, 1.807) is 0 Å². The summed E-state index contributed by atoms with van der Waals surface area (Å²) < 4.78 is 5.41. The first-order chi connectivity index (χ1) is 11.3. The molecular weight excluding hydrogens is 308 g/mol. The van der Waals surface area contributed by atoms with Crippen LogP contribution >= 0.6 is 0 Å². The van der Waals surface area contributed by atoms with Gasteiger partial charge in [0.05, 0.1) is 0 Å². The van der Waals surface area contributed by atoms with E-state index in [0.29, 0.717) is 13.0 Å². The van der Waals surface area contributed by atoms with Gasteiger partial charge in [-0.1, -0.05) is 30.3 Å². The number of benzene rings is 1. The maximum atomic E-state index is 12.7. The molecule has 0 saturated carbocycles. The van der Waals surface area contributed by atoms with Gasteiger partial charge in [0.15, 0.2) is 5.54 Å². The van der Waals surface area contributed by atoms with Crippen LogP contribution in [0, 0.1) is 0 Å². The van der Waals surface area contributed by atoms with Gasteiger partial charge in [-0.2, -0.15) is 0 Å². The number of carboxylic acids is 1. The molecule has 0 aromatic heterocycles. The molecule has 1 N–H and O–H groups in total. The fraction of sp³-hybridized carbons (Fsp3) is 0.556. The van der Waals surface area contributed by atoms with Crippen molar-refractivity contribution in [2.24, 2.45) is 0 Å². The van der Waals surface area contributed by atoms with Gasteiger partial charge in [0.2, 0.25) is 0 Å². The number of aliphatic carboxylic acids is 1. The molecule has 2 unspecified atom stereocenters. The van der Waals surface area contributed by atoms with E-state index < -0.39 is 17.6 Å². The third-order valence-corrected chi connectivity index (χ3v) is 4.67. The molecule has 1 fully saturated rings. The van der Waals surface area contributed by atoms with E-state index in [1.165, 1.54) is 4.90 Å². The van der Waals surface area contributed by atoms with Gasteiger partial charge in [-0.25, -0.2) is 9.59 Å². The van der Waals surface area contributed by atoms with Crippen molar-refractivity contribution in [3.8, 4) is 0 Å². The van der Waals surface area contributed by atoms with Crippen LogP contribution < -0.4 is 0 Å². The first-order valence-corrected chi connectivity index (χ1v) is 8.21. The number of likely N-dealkylation sites (tertiary alicyclic amines) is 1. The highest BCUT2D eigenvalue weighted by Gasteiger charge is 2.54. The van der Waals surface area contributed by atoms with Crippen LogP contribution in [-0.2, 0) is 16.1 Å². The van der Waals surface area contributed by atoms with Gasteiger partial charge in [0.25, 0.3) is 0 Å². The molecule has 0 radical (unpaired) electrons. The van der Waals surface area contributed by atoms with Crippen molar-refractivity contribution in [1.29, 1.82) is 0 Å². The molecule has 1 amide bonds. The summed E-state index contributed by atoms with van der Waals surface area (Å²) in [5.74, 6) is -0.982. The Morgan fingerprint density at radius 2 is 2.00 bits per heavy atom. The third-order valence-electron chi connectivity index (χ3n) is 4.67. The van der Waals surface area contributed by atoms with E-state index in [9.17, 15) is 14.7 Å². The Labute approximate surface area is 143 Å². The first kappa shape index (κ1) is 18.3. The van der Waals surface area contributed by atoms with Gasteiger partial charge in [-0.05, 0) is 39.8 Å². The largest absolute Gasteiger partial charge is 0.479 e. The highest BCUT2D eigenvalue weighted by molar-refractivity contribution is 5.85. The predicted molar refractivity (Wildman–Crippen MR) is 90.7 cm³/mol. The van der Waals surface area contributed by atoms with E-state index >= 15 is 0 Å². The minimum absolute atomic E-state index is 0.0873. The Hall–Kier alpha value is -2.08. The molecule has 2 rings (SSSR count). The molecular formula is C18H26N2O4. The second-order valence-electron chi connectivity index (χ2n) is 6.81. The summed E-state index contributed by atoms with van der Waals surface area (Å²) in [6.07, 6.45) is -0.198. The molecule has 0 spiro atoms. The van der Waals surface area contributed by atoms with E-state index in [4.69, 9.17) is 4.74 Å². The van der Waals surface area contributed by atoms with E-state index in [-0.39, 0.29) is 18.7 Å². The summed E-state index contributed by atoms with van der Waals surface area (Å²) in [5, 5.41) is 9.88. The lowest BCUT2D eigenvalue weighted by Gasteiger charge is -2.39.